The van der Waals surface area contributed by atoms with E-state index in [0.717, 1.165) is 17.8 Å². The molecule has 208 valence electrons. The van der Waals surface area contributed by atoms with E-state index in [9.17, 15) is 5.11 Å². The zero-order valence-electron chi connectivity index (χ0n) is 25.3. The summed E-state index contributed by atoms with van der Waals surface area (Å²) in [6, 6.07) is 18.1. The first-order valence-corrected chi connectivity index (χ1v) is 15.0. The molecule has 0 aliphatic heterocycles. The summed E-state index contributed by atoms with van der Waals surface area (Å²) in [5.74, 6) is 0.205. The molecule has 0 saturated heterocycles. The van der Waals surface area contributed by atoms with Crippen LogP contribution < -0.4 is 0 Å². The van der Waals surface area contributed by atoms with Crippen molar-refractivity contribution in [1.29, 1.82) is 0 Å². The lowest BCUT2D eigenvalue weighted by molar-refractivity contribution is -0.110. The first-order valence-electron chi connectivity index (χ1n) is 15.0. The lowest BCUT2D eigenvalue weighted by Crippen LogP contribution is -2.18. The number of hydrogen-bond acceptors (Lipinski definition) is 3. The van der Waals surface area contributed by atoms with Gasteiger partial charge in [0.2, 0.25) is 0 Å². The summed E-state index contributed by atoms with van der Waals surface area (Å²) in [6.07, 6.45) is 1.05. The summed E-state index contributed by atoms with van der Waals surface area (Å²) in [4.78, 5) is 0. The normalized spacial score (nSPS) is 23.0. The van der Waals surface area contributed by atoms with E-state index in [1.807, 2.05) is 0 Å². The third-order valence-electron chi connectivity index (χ3n) is 10.3. The Morgan fingerprint density at radius 1 is 0.878 bits per heavy atom. The molecular weight excluding hydrogens is 504 g/mol. The highest BCUT2D eigenvalue weighted by Crippen LogP contribution is 2.72. The molecule has 0 bridgehead atoms. The molecule has 0 radical (unpaired) electrons. The first kappa shape index (κ1) is 25.3. The molecular formula is C38H38O3. The van der Waals surface area contributed by atoms with Crippen LogP contribution in [0, 0.1) is 26.7 Å². The zero-order chi connectivity index (χ0) is 28.7. The summed E-state index contributed by atoms with van der Waals surface area (Å²) < 4.78 is 12.6. The molecule has 3 nitrogen and oxygen atoms in total. The van der Waals surface area contributed by atoms with Crippen molar-refractivity contribution in [2.45, 2.75) is 77.9 Å². The van der Waals surface area contributed by atoms with Crippen molar-refractivity contribution in [1.82, 2.24) is 0 Å². The Balaban J connectivity index is 1.46. The van der Waals surface area contributed by atoms with Crippen molar-refractivity contribution < 1.29 is 14.3 Å². The molecule has 41 heavy (non-hydrogen) atoms. The number of rotatable bonds is 3. The molecule has 0 amide bonds. The summed E-state index contributed by atoms with van der Waals surface area (Å²) in [5, 5.41) is 15.6. The molecule has 3 aliphatic carbocycles. The van der Waals surface area contributed by atoms with Crippen LogP contribution in [0.2, 0.25) is 0 Å². The number of hydrogen-bond donors (Lipinski definition) is 1. The molecule has 3 unspecified atom stereocenters. The second-order valence-electron chi connectivity index (χ2n) is 13.9. The van der Waals surface area contributed by atoms with E-state index in [-0.39, 0.29) is 17.3 Å². The van der Waals surface area contributed by atoms with Gasteiger partial charge in [0, 0.05) is 29.0 Å². The largest absolute Gasteiger partial charge is 0.456 e. The van der Waals surface area contributed by atoms with Crippen LogP contribution >= 0.6 is 0 Å². The summed E-state index contributed by atoms with van der Waals surface area (Å²) in [6.45, 7) is 15.9. The smallest absolute Gasteiger partial charge is 0.180 e. The molecule has 1 fully saturated rings. The predicted octanol–water partition coefficient (Wildman–Crippen LogP) is 9.21. The minimum atomic E-state index is -1.21. The molecule has 0 spiro atoms. The summed E-state index contributed by atoms with van der Waals surface area (Å²) in [5.41, 5.74) is 14.5. The maximum absolute atomic E-state index is 11.9. The van der Waals surface area contributed by atoms with Gasteiger partial charge in [-0.15, -0.1) is 0 Å². The third-order valence-corrected chi connectivity index (χ3v) is 10.3. The van der Waals surface area contributed by atoms with E-state index in [2.05, 4.69) is 97.0 Å². The van der Waals surface area contributed by atoms with Crippen molar-refractivity contribution in [2.24, 2.45) is 5.92 Å². The van der Waals surface area contributed by atoms with Gasteiger partial charge in [0.15, 0.2) is 5.79 Å². The fraction of sp³-hybridized carbons (Fsp3) is 0.368. The standard InChI is InChI=1S/C38H38O3/c1-18(2)13-22-9-12-28-25(17-22)34-36(41-28)24-11-10-23-30(32(24)37(34,6)7)27-16-21(5)29-20(4)14-19(3)15-26(29)31(27)35-33(23)38(35,39)40-8/h9-12,14-18,33,35,39H,13H2,1-8H3. The monoisotopic (exact) mass is 542 g/mol. The van der Waals surface area contributed by atoms with E-state index < -0.39 is 5.79 Å². The highest BCUT2D eigenvalue weighted by molar-refractivity contribution is 6.04. The maximum atomic E-state index is 11.9. The van der Waals surface area contributed by atoms with Crippen LogP contribution in [0.5, 0.6) is 0 Å². The summed E-state index contributed by atoms with van der Waals surface area (Å²) >= 11 is 0. The van der Waals surface area contributed by atoms with E-state index in [4.69, 9.17) is 9.15 Å². The molecule has 1 heterocycles. The zero-order valence-corrected chi connectivity index (χ0v) is 25.3. The van der Waals surface area contributed by atoms with Crippen LogP contribution in [0.25, 0.3) is 44.2 Å². The lowest BCUT2D eigenvalue weighted by Gasteiger charge is -2.30. The van der Waals surface area contributed by atoms with Gasteiger partial charge in [-0.25, -0.2) is 0 Å². The van der Waals surface area contributed by atoms with Gasteiger partial charge in [-0.2, -0.15) is 0 Å². The number of furan rings is 1. The molecule has 3 heteroatoms. The van der Waals surface area contributed by atoms with Crippen molar-refractivity contribution in [3.05, 3.63) is 93.0 Å². The van der Waals surface area contributed by atoms with Crippen molar-refractivity contribution >= 4 is 21.7 Å². The second kappa shape index (κ2) is 7.91. The fourth-order valence-corrected chi connectivity index (χ4v) is 8.82. The SMILES string of the molecule is COC1(O)C2c3ccc4c(c3-c3cc(C)c5c(C)cc(C)cc5c3C21)C(C)(C)c1c-4oc2ccc(CC(C)C)cc12. The molecule has 1 saturated carbocycles. The maximum Gasteiger partial charge on any atom is 0.180 e. The topological polar surface area (TPSA) is 42.6 Å². The van der Waals surface area contributed by atoms with Crippen molar-refractivity contribution in [3.63, 3.8) is 0 Å². The van der Waals surface area contributed by atoms with E-state index in [1.165, 1.54) is 77.4 Å². The quantitative estimate of drug-likeness (QED) is 0.231. The van der Waals surface area contributed by atoms with Crippen molar-refractivity contribution in [3.8, 4) is 22.5 Å². The van der Waals surface area contributed by atoms with Gasteiger partial charge in [0.25, 0.3) is 0 Å². The average molecular weight is 543 g/mol. The Labute approximate surface area is 242 Å². The molecule has 3 atom stereocenters. The van der Waals surface area contributed by atoms with Crippen LogP contribution in [0.1, 0.15) is 84.0 Å². The van der Waals surface area contributed by atoms with Gasteiger partial charge in [0.1, 0.15) is 11.3 Å². The third kappa shape index (κ3) is 3.06. The summed E-state index contributed by atoms with van der Waals surface area (Å²) in [7, 11) is 1.65. The van der Waals surface area contributed by atoms with Crippen LogP contribution in [-0.4, -0.2) is 18.0 Å². The Bertz CT molecular complexity index is 1970. The molecule has 8 rings (SSSR count). The average Bonchev–Trinajstić information content (AvgIpc) is 3.23. The van der Waals surface area contributed by atoms with Gasteiger partial charge in [-0.05, 0) is 101 Å². The van der Waals surface area contributed by atoms with Gasteiger partial charge in [0.05, 0.1) is 11.8 Å². The molecule has 4 aromatic carbocycles. The van der Waals surface area contributed by atoms with E-state index in [0.29, 0.717) is 5.92 Å². The number of aliphatic hydroxyl groups is 1. The van der Waals surface area contributed by atoms with Gasteiger partial charge >= 0.3 is 0 Å². The number of aryl methyl sites for hydroxylation is 3. The molecule has 1 N–H and O–H groups in total. The van der Waals surface area contributed by atoms with Crippen molar-refractivity contribution in [2.75, 3.05) is 7.11 Å². The van der Waals surface area contributed by atoms with Crippen LogP contribution in [0.3, 0.4) is 0 Å². The molecule has 3 aliphatic rings. The lowest BCUT2D eigenvalue weighted by atomic mass is 9.72. The highest BCUT2D eigenvalue weighted by atomic mass is 16.6. The number of methoxy groups -OCH3 is 1. The fourth-order valence-electron chi connectivity index (χ4n) is 8.82. The molecule has 5 aromatic rings. The first-order chi connectivity index (χ1) is 19.5. The molecule has 1 aromatic heterocycles. The number of ether oxygens (including phenoxy) is 1. The minimum absolute atomic E-state index is 0.0859. The van der Waals surface area contributed by atoms with Gasteiger partial charge < -0.3 is 14.3 Å². The Morgan fingerprint density at radius 3 is 2.37 bits per heavy atom. The highest BCUT2D eigenvalue weighted by Gasteiger charge is 2.70. The number of benzene rings is 4. The second-order valence-corrected chi connectivity index (χ2v) is 13.9. The Kier molecular flexibility index (Phi) is 4.88. The van der Waals surface area contributed by atoms with Crippen LogP contribution in [0.15, 0.2) is 52.9 Å². The van der Waals surface area contributed by atoms with E-state index in [1.54, 1.807) is 7.11 Å². The van der Waals surface area contributed by atoms with Gasteiger partial charge in [-0.3, -0.25) is 0 Å². The Hall–Kier alpha value is -3.40. The minimum Gasteiger partial charge on any atom is -0.456 e. The van der Waals surface area contributed by atoms with E-state index >= 15 is 0 Å². The number of fused-ring (bicyclic) bond motifs is 14. The van der Waals surface area contributed by atoms with Crippen LogP contribution in [0.4, 0.5) is 0 Å². The Morgan fingerprint density at radius 2 is 1.63 bits per heavy atom. The van der Waals surface area contributed by atoms with Gasteiger partial charge in [-0.1, -0.05) is 69.7 Å². The predicted molar refractivity (Wildman–Crippen MR) is 167 cm³/mol. The van der Waals surface area contributed by atoms with Crippen LogP contribution in [-0.2, 0) is 16.6 Å².